The zero-order valence-electron chi connectivity index (χ0n) is 24.5. The monoisotopic (exact) mass is 604 g/mol. The van der Waals surface area contributed by atoms with Crippen LogP contribution in [0.2, 0.25) is 0 Å². The van der Waals surface area contributed by atoms with Gasteiger partial charge in [-0.25, -0.2) is 0 Å². The first-order valence-corrected chi connectivity index (χ1v) is 14.4. The normalized spacial score (nSPS) is 15.9. The summed E-state index contributed by atoms with van der Waals surface area (Å²) in [6, 6.07) is 14.0. The average molecular weight is 605 g/mol. The molecule has 0 aliphatic carbocycles. The Morgan fingerprint density at radius 3 is 2.45 bits per heavy atom. The Bertz CT molecular complexity index is 1470. The number of aromatic nitrogens is 4. The topological polar surface area (TPSA) is 199 Å². The van der Waals surface area contributed by atoms with Crippen molar-refractivity contribution in [1.29, 1.82) is 0 Å². The van der Waals surface area contributed by atoms with Crippen molar-refractivity contribution in [1.82, 2.24) is 36.6 Å². The number of H-pyrrole nitrogens is 1. The zero-order valence-corrected chi connectivity index (χ0v) is 24.5. The van der Waals surface area contributed by atoms with Crippen molar-refractivity contribution in [2.75, 3.05) is 11.4 Å². The van der Waals surface area contributed by atoms with Gasteiger partial charge in [-0.1, -0.05) is 74.0 Å². The highest BCUT2D eigenvalue weighted by atomic mass is 16.4. The summed E-state index contributed by atoms with van der Waals surface area (Å²) in [5.74, 6) is -3.81. The van der Waals surface area contributed by atoms with E-state index in [2.05, 4.69) is 36.6 Å². The number of rotatable bonds is 14. The van der Waals surface area contributed by atoms with Gasteiger partial charge >= 0.3 is 5.97 Å². The second kappa shape index (κ2) is 14.8. The van der Waals surface area contributed by atoms with Gasteiger partial charge in [0, 0.05) is 18.5 Å². The van der Waals surface area contributed by atoms with Gasteiger partial charge in [-0.15, -0.1) is 10.2 Å². The summed E-state index contributed by atoms with van der Waals surface area (Å²) in [4.78, 5) is 65.9. The lowest BCUT2D eigenvalue weighted by Crippen LogP contribution is -2.54. The largest absolute Gasteiger partial charge is 0.481 e. The van der Waals surface area contributed by atoms with Gasteiger partial charge in [0.2, 0.25) is 23.6 Å². The highest BCUT2D eigenvalue weighted by Gasteiger charge is 2.38. The van der Waals surface area contributed by atoms with Crippen LogP contribution in [0.1, 0.15) is 56.0 Å². The van der Waals surface area contributed by atoms with E-state index in [4.69, 9.17) is 0 Å². The molecule has 1 aliphatic heterocycles. The molecule has 4 rings (SSSR count). The van der Waals surface area contributed by atoms with Crippen LogP contribution >= 0.6 is 0 Å². The lowest BCUT2D eigenvalue weighted by molar-refractivity contribution is -0.139. The molecule has 2 heterocycles. The van der Waals surface area contributed by atoms with Gasteiger partial charge < -0.3 is 21.1 Å². The molecule has 2 aromatic carbocycles. The van der Waals surface area contributed by atoms with Crippen molar-refractivity contribution in [2.45, 2.75) is 64.1 Å². The molecule has 0 saturated carbocycles. The molecule has 14 nitrogen and oxygen atoms in total. The average Bonchev–Trinajstić information content (AvgIpc) is 3.69. The van der Waals surface area contributed by atoms with Crippen LogP contribution in [0.4, 0.5) is 5.69 Å². The van der Waals surface area contributed by atoms with Gasteiger partial charge in [-0.3, -0.25) is 28.9 Å². The van der Waals surface area contributed by atoms with Crippen LogP contribution in [-0.4, -0.2) is 74.0 Å². The molecule has 0 saturated heterocycles. The van der Waals surface area contributed by atoms with E-state index in [1.807, 2.05) is 19.1 Å². The maximum Gasteiger partial charge on any atom is 0.310 e. The number of carboxylic acid groups (broad SMARTS) is 1. The standard InChI is InChI=1S/C30H36N8O6/c1-3-18(2)27(33-25(39)14-13-21(30(43)44)19-9-5-4-6-10-19)29(42)32-17-26(40)38-22-12-8-7-11-20(22)15-23(38)28(41)31-16-24-34-36-37-35-24/h4-12,18,21,23,27H,3,13-17H2,1-2H3,(H,31,41)(H,32,42)(H,33,39)(H,43,44)(H,34,35,36,37)/t18-,21?,23-,27-/m0/s1. The first-order valence-electron chi connectivity index (χ1n) is 14.4. The number of aromatic amines is 1. The highest BCUT2D eigenvalue weighted by Crippen LogP contribution is 2.32. The van der Waals surface area contributed by atoms with E-state index >= 15 is 0 Å². The Balaban J connectivity index is 1.38. The molecule has 1 unspecified atom stereocenters. The van der Waals surface area contributed by atoms with E-state index in [0.29, 0.717) is 24.1 Å². The molecule has 0 spiro atoms. The number of para-hydroxylation sites is 1. The summed E-state index contributed by atoms with van der Waals surface area (Å²) in [7, 11) is 0. The molecule has 1 aromatic heterocycles. The molecule has 4 amide bonds. The molecule has 5 N–H and O–H groups in total. The van der Waals surface area contributed by atoms with Crippen LogP contribution in [0, 0.1) is 5.92 Å². The number of hydrogen-bond acceptors (Lipinski definition) is 8. The quantitative estimate of drug-likeness (QED) is 0.179. The van der Waals surface area contributed by atoms with Crippen LogP contribution in [0.5, 0.6) is 0 Å². The number of anilines is 1. The van der Waals surface area contributed by atoms with E-state index in [1.165, 1.54) is 4.90 Å². The Labute approximate surface area is 254 Å². The van der Waals surface area contributed by atoms with Crippen LogP contribution in [0.25, 0.3) is 0 Å². The molecule has 44 heavy (non-hydrogen) atoms. The van der Waals surface area contributed by atoms with Crippen molar-refractivity contribution in [2.24, 2.45) is 5.92 Å². The maximum absolute atomic E-state index is 13.5. The first kappa shape index (κ1) is 31.8. The molecule has 1 aliphatic rings. The Kier molecular flexibility index (Phi) is 10.7. The number of tetrazole rings is 1. The van der Waals surface area contributed by atoms with E-state index in [0.717, 1.165) is 5.56 Å². The Hall–Kier alpha value is -5.14. The van der Waals surface area contributed by atoms with Gasteiger partial charge in [-0.2, -0.15) is 5.21 Å². The van der Waals surface area contributed by atoms with Crippen molar-refractivity contribution in [3.63, 3.8) is 0 Å². The molecule has 232 valence electrons. The Morgan fingerprint density at radius 1 is 1.05 bits per heavy atom. The van der Waals surface area contributed by atoms with Crippen LogP contribution in [-0.2, 0) is 36.9 Å². The van der Waals surface area contributed by atoms with Crippen molar-refractivity contribution < 1.29 is 29.1 Å². The van der Waals surface area contributed by atoms with Crippen molar-refractivity contribution in [3.05, 3.63) is 71.5 Å². The molecule has 0 bridgehead atoms. The minimum absolute atomic E-state index is 0.0236. The molecule has 0 fully saturated rings. The van der Waals surface area contributed by atoms with E-state index < -0.39 is 54.1 Å². The van der Waals surface area contributed by atoms with Gasteiger partial charge in [-0.05, 0) is 29.5 Å². The fraction of sp³-hybridized carbons (Fsp3) is 0.400. The van der Waals surface area contributed by atoms with Gasteiger partial charge in [0.05, 0.1) is 19.0 Å². The van der Waals surface area contributed by atoms with E-state index in [1.54, 1.807) is 49.4 Å². The summed E-state index contributed by atoms with van der Waals surface area (Å²) in [6.45, 7) is 3.30. The number of carboxylic acids is 1. The van der Waals surface area contributed by atoms with E-state index in [-0.39, 0.29) is 31.1 Å². The third-order valence-corrected chi connectivity index (χ3v) is 7.74. The predicted molar refractivity (Wildman–Crippen MR) is 158 cm³/mol. The second-order valence-electron chi connectivity index (χ2n) is 10.6. The lowest BCUT2D eigenvalue weighted by atomic mass is 9.93. The third-order valence-electron chi connectivity index (χ3n) is 7.74. The van der Waals surface area contributed by atoms with Crippen molar-refractivity contribution in [3.8, 4) is 0 Å². The number of nitrogens with zero attached hydrogens (tertiary/aromatic N) is 4. The maximum atomic E-state index is 13.5. The number of aliphatic carboxylic acids is 1. The number of carbonyl (C=O) groups is 5. The summed E-state index contributed by atoms with van der Waals surface area (Å²) in [5, 5.41) is 31.1. The second-order valence-corrected chi connectivity index (χ2v) is 10.6. The molecule has 0 radical (unpaired) electrons. The predicted octanol–water partition coefficient (Wildman–Crippen LogP) is 1.07. The van der Waals surface area contributed by atoms with Gasteiger partial charge in [0.25, 0.3) is 0 Å². The number of benzene rings is 2. The number of amides is 4. The molecular formula is C30H36N8O6. The number of carbonyl (C=O) groups excluding carboxylic acids is 4. The number of fused-ring (bicyclic) bond motifs is 1. The van der Waals surface area contributed by atoms with Crippen LogP contribution in [0.3, 0.4) is 0 Å². The molecular weight excluding hydrogens is 568 g/mol. The summed E-state index contributed by atoms with van der Waals surface area (Å²) >= 11 is 0. The van der Waals surface area contributed by atoms with Crippen LogP contribution < -0.4 is 20.9 Å². The first-order chi connectivity index (χ1) is 21.2. The number of nitrogens with one attached hydrogen (secondary N) is 4. The smallest absolute Gasteiger partial charge is 0.310 e. The fourth-order valence-electron chi connectivity index (χ4n) is 5.14. The summed E-state index contributed by atoms with van der Waals surface area (Å²) in [6.07, 6.45) is 0.815. The fourth-order valence-corrected chi connectivity index (χ4v) is 5.14. The Morgan fingerprint density at radius 2 is 1.77 bits per heavy atom. The van der Waals surface area contributed by atoms with Crippen LogP contribution in [0.15, 0.2) is 54.6 Å². The van der Waals surface area contributed by atoms with Crippen molar-refractivity contribution >= 4 is 35.3 Å². The summed E-state index contributed by atoms with van der Waals surface area (Å²) < 4.78 is 0. The van der Waals surface area contributed by atoms with Gasteiger partial charge in [0.15, 0.2) is 5.82 Å². The van der Waals surface area contributed by atoms with Gasteiger partial charge in [0.1, 0.15) is 12.1 Å². The zero-order chi connectivity index (χ0) is 31.6. The molecule has 4 atom stereocenters. The summed E-state index contributed by atoms with van der Waals surface area (Å²) in [5.41, 5.74) is 1.98. The minimum Gasteiger partial charge on any atom is -0.481 e. The highest BCUT2D eigenvalue weighted by molar-refractivity contribution is 6.05. The van der Waals surface area contributed by atoms with E-state index in [9.17, 15) is 29.1 Å². The third kappa shape index (κ3) is 7.82. The number of hydrogen-bond donors (Lipinski definition) is 5. The minimum atomic E-state index is -1.04. The molecule has 3 aromatic rings. The molecule has 14 heteroatoms. The SMILES string of the molecule is CC[C@H](C)[C@H](NC(=O)CCC(C(=O)O)c1ccccc1)C(=O)NCC(=O)N1c2ccccc2C[C@H]1C(=O)NCc1nn[nH]n1. The lowest BCUT2D eigenvalue weighted by Gasteiger charge is -2.27.